The number of hydrogen-bond donors (Lipinski definition) is 2. The van der Waals surface area contributed by atoms with E-state index in [1.54, 1.807) is 6.92 Å². The molecular formula is C10H11O5P. The van der Waals surface area contributed by atoms with Crippen LogP contribution < -0.4 is 4.52 Å². The molecule has 0 aliphatic carbocycles. The van der Waals surface area contributed by atoms with Gasteiger partial charge in [-0.3, -0.25) is 14.6 Å². The van der Waals surface area contributed by atoms with Gasteiger partial charge in [0.15, 0.2) is 5.78 Å². The predicted octanol–water partition coefficient (Wildman–Crippen LogP) is 1.92. The molecule has 2 N–H and O–H groups in total. The van der Waals surface area contributed by atoms with Crippen LogP contribution in [0.4, 0.5) is 0 Å². The lowest BCUT2D eigenvalue weighted by Crippen LogP contribution is -2.00. The number of benzene rings is 1. The van der Waals surface area contributed by atoms with Gasteiger partial charge in [0.2, 0.25) is 0 Å². The molecule has 0 aliphatic rings. The molecule has 0 radical (unpaired) electrons. The first-order chi connectivity index (χ1) is 7.29. The highest BCUT2D eigenvalue weighted by atomic mass is 31.2. The Kier molecular flexibility index (Phi) is 3.65. The van der Waals surface area contributed by atoms with E-state index in [2.05, 4.69) is 11.1 Å². The number of ketones is 1. The van der Waals surface area contributed by atoms with Gasteiger partial charge in [-0.25, -0.2) is 4.57 Å². The van der Waals surface area contributed by atoms with E-state index in [0.29, 0.717) is 5.57 Å². The molecule has 0 saturated carbocycles. The van der Waals surface area contributed by atoms with Gasteiger partial charge in [-0.05, 0) is 24.6 Å². The Balaban J connectivity index is 3.00. The van der Waals surface area contributed by atoms with Crippen LogP contribution in [0.15, 0.2) is 36.4 Å². The Hall–Kier alpha value is -1.42. The molecule has 0 saturated heterocycles. The Morgan fingerprint density at radius 1 is 1.44 bits per heavy atom. The largest absolute Gasteiger partial charge is 0.524 e. The molecule has 0 heterocycles. The molecule has 1 rings (SSSR count). The molecule has 0 unspecified atom stereocenters. The average molecular weight is 242 g/mol. The van der Waals surface area contributed by atoms with Gasteiger partial charge in [0.25, 0.3) is 0 Å². The Morgan fingerprint density at radius 2 is 2.06 bits per heavy atom. The highest BCUT2D eigenvalue weighted by Gasteiger charge is 2.16. The van der Waals surface area contributed by atoms with Crippen LogP contribution in [0, 0.1) is 0 Å². The van der Waals surface area contributed by atoms with E-state index in [4.69, 9.17) is 9.79 Å². The van der Waals surface area contributed by atoms with Gasteiger partial charge in [-0.2, -0.15) is 0 Å². The molecule has 0 fully saturated rings. The molecule has 6 heteroatoms. The van der Waals surface area contributed by atoms with E-state index in [1.807, 2.05) is 0 Å². The maximum atomic E-state index is 11.5. The zero-order valence-corrected chi connectivity index (χ0v) is 9.48. The Bertz CT molecular complexity index is 474. The van der Waals surface area contributed by atoms with E-state index in [-0.39, 0.29) is 17.1 Å². The molecule has 0 amide bonds. The monoisotopic (exact) mass is 242 g/mol. The summed E-state index contributed by atoms with van der Waals surface area (Å²) in [5, 5.41) is 0. The summed E-state index contributed by atoms with van der Waals surface area (Å²) in [7, 11) is -4.60. The first kappa shape index (κ1) is 12.6. The molecule has 0 spiro atoms. The summed E-state index contributed by atoms with van der Waals surface area (Å²) in [5.41, 5.74) is 0.617. The third-order valence-corrected chi connectivity index (χ3v) is 2.16. The zero-order chi connectivity index (χ0) is 12.3. The smallest absolute Gasteiger partial charge is 0.404 e. The molecule has 86 valence electrons. The highest BCUT2D eigenvalue weighted by Crippen LogP contribution is 2.37. The van der Waals surface area contributed by atoms with Crippen LogP contribution in [0.2, 0.25) is 0 Å². The van der Waals surface area contributed by atoms with Crippen LogP contribution in [0.3, 0.4) is 0 Å². The van der Waals surface area contributed by atoms with Gasteiger partial charge >= 0.3 is 7.82 Å². The third-order valence-electron chi connectivity index (χ3n) is 1.71. The molecule has 1 aromatic carbocycles. The molecule has 1 aromatic rings. The number of phosphoric ester groups is 1. The second-order valence-corrected chi connectivity index (χ2v) is 4.38. The van der Waals surface area contributed by atoms with Gasteiger partial charge in [0.1, 0.15) is 5.75 Å². The van der Waals surface area contributed by atoms with Crippen molar-refractivity contribution in [3.63, 3.8) is 0 Å². The fraction of sp³-hybridized carbons (Fsp3) is 0.100. The van der Waals surface area contributed by atoms with Crippen molar-refractivity contribution < 1.29 is 23.7 Å². The lowest BCUT2D eigenvalue weighted by molar-refractivity contribution is 0.103. The second-order valence-electron chi connectivity index (χ2n) is 3.22. The summed E-state index contributed by atoms with van der Waals surface area (Å²) in [6, 6.07) is 5.61. The SMILES string of the molecule is C=C(C)C(=O)c1cccc(OP(=O)(O)O)c1. The van der Waals surface area contributed by atoms with Crippen LogP contribution in [0.1, 0.15) is 17.3 Å². The van der Waals surface area contributed by atoms with Gasteiger partial charge < -0.3 is 4.52 Å². The van der Waals surface area contributed by atoms with Gasteiger partial charge in [0.05, 0.1) is 0 Å². The molecule has 0 aliphatic heterocycles. The first-order valence-corrected chi connectivity index (χ1v) is 5.88. The number of rotatable bonds is 4. The van der Waals surface area contributed by atoms with Crippen LogP contribution in [-0.4, -0.2) is 15.6 Å². The maximum Gasteiger partial charge on any atom is 0.524 e. The van der Waals surface area contributed by atoms with Gasteiger partial charge in [-0.15, -0.1) is 0 Å². The van der Waals surface area contributed by atoms with E-state index in [0.717, 1.165) is 0 Å². The predicted molar refractivity (Wildman–Crippen MR) is 58.3 cm³/mol. The van der Waals surface area contributed by atoms with E-state index < -0.39 is 7.82 Å². The number of Topliss-reactive ketones (excluding diaryl/α,β-unsaturated/α-hetero) is 1. The fourth-order valence-electron chi connectivity index (χ4n) is 1.08. The highest BCUT2D eigenvalue weighted by molar-refractivity contribution is 7.46. The van der Waals surface area contributed by atoms with Crippen LogP contribution in [0.25, 0.3) is 0 Å². The average Bonchev–Trinajstić information content (AvgIpc) is 2.14. The second kappa shape index (κ2) is 4.61. The van der Waals surface area contributed by atoms with Crippen molar-refractivity contribution in [2.75, 3.05) is 0 Å². The lowest BCUT2D eigenvalue weighted by atomic mass is 10.1. The van der Waals surface area contributed by atoms with Crippen molar-refractivity contribution >= 4 is 13.6 Å². The molecule has 0 aromatic heterocycles. The molecule has 16 heavy (non-hydrogen) atoms. The standard InChI is InChI=1S/C10H11O5P/c1-7(2)10(11)8-4-3-5-9(6-8)15-16(12,13)14/h3-6H,1H2,2H3,(H2,12,13,14). The van der Waals surface area contributed by atoms with Crippen LogP contribution >= 0.6 is 7.82 Å². The molecule has 0 bridgehead atoms. The van der Waals surface area contributed by atoms with Gasteiger partial charge in [-0.1, -0.05) is 18.7 Å². The lowest BCUT2D eigenvalue weighted by Gasteiger charge is -2.07. The minimum absolute atomic E-state index is 0.0552. The summed E-state index contributed by atoms with van der Waals surface area (Å²) in [4.78, 5) is 28.7. The fourth-order valence-corrected chi connectivity index (χ4v) is 1.47. The third kappa shape index (κ3) is 3.62. The molecular weight excluding hydrogens is 231 g/mol. The van der Waals surface area contributed by atoms with Crippen molar-refractivity contribution in [3.8, 4) is 5.75 Å². The Labute approximate surface area is 92.6 Å². The first-order valence-electron chi connectivity index (χ1n) is 4.35. The van der Waals surface area contributed by atoms with Crippen LogP contribution in [0.5, 0.6) is 5.75 Å². The normalized spacial score (nSPS) is 10.9. The molecule has 5 nitrogen and oxygen atoms in total. The minimum Gasteiger partial charge on any atom is -0.404 e. The van der Waals surface area contributed by atoms with E-state index in [9.17, 15) is 9.36 Å². The maximum absolute atomic E-state index is 11.5. The van der Waals surface area contributed by atoms with Gasteiger partial charge in [0, 0.05) is 5.56 Å². The summed E-state index contributed by atoms with van der Waals surface area (Å²) in [5.74, 6) is -0.350. The summed E-state index contributed by atoms with van der Waals surface area (Å²) >= 11 is 0. The number of phosphoric acid groups is 1. The van der Waals surface area contributed by atoms with Crippen molar-refractivity contribution in [1.82, 2.24) is 0 Å². The van der Waals surface area contributed by atoms with Crippen molar-refractivity contribution in [1.29, 1.82) is 0 Å². The molecule has 0 atom stereocenters. The minimum atomic E-state index is -4.60. The topological polar surface area (TPSA) is 83.8 Å². The van der Waals surface area contributed by atoms with Crippen molar-refractivity contribution in [2.45, 2.75) is 6.92 Å². The number of allylic oxidation sites excluding steroid dienone is 1. The quantitative estimate of drug-likeness (QED) is 0.478. The van der Waals surface area contributed by atoms with Crippen molar-refractivity contribution in [3.05, 3.63) is 42.0 Å². The van der Waals surface area contributed by atoms with E-state index >= 15 is 0 Å². The zero-order valence-electron chi connectivity index (χ0n) is 8.58. The van der Waals surface area contributed by atoms with Crippen LogP contribution in [-0.2, 0) is 4.57 Å². The Morgan fingerprint density at radius 3 is 2.56 bits per heavy atom. The number of carbonyl (C=O) groups excluding carboxylic acids is 1. The number of hydrogen-bond acceptors (Lipinski definition) is 3. The summed E-state index contributed by atoms with van der Waals surface area (Å²) in [6.45, 7) is 5.05. The summed E-state index contributed by atoms with van der Waals surface area (Å²) in [6.07, 6.45) is 0. The van der Waals surface area contributed by atoms with E-state index in [1.165, 1.54) is 24.3 Å². The van der Waals surface area contributed by atoms with Crippen molar-refractivity contribution in [2.24, 2.45) is 0 Å². The summed E-state index contributed by atoms with van der Waals surface area (Å²) < 4.78 is 14.9. The number of carbonyl (C=O) groups is 1.